The molecule has 0 saturated heterocycles. The fourth-order valence-electron chi connectivity index (χ4n) is 2.54. The Labute approximate surface area is 193 Å². The number of benzene rings is 2. The van der Waals surface area contributed by atoms with Crippen LogP contribution in [-0.4, -0.2) is 39.7 Å². The maximum absolute atomic E-state index is 12.7. The molecule has 2 rings (SSSR count). The van der Waals surface area contributed by atoms with Crippen LogP contribution in [0.15, 0.2) is 65.8 Å². The van der Waals surface area contributed by atoms with Crippen molar-refractivity contribution in [1.29, 1.82) is 0 Å². The van der Waals surface area contributed by atoms with E-state index in [1.165, 1.54) is 18.0 Å². The fraction of sp³-hybridized carbons (Fsp3) is 0.190. The van der Waals surface area contributed by atoms with E-state index in [2.05, 4.69) is 15.8 Å². The molecule has 0 bridgehead atoms. The first-order chi connectivity index (χ1) is 15.8. The number of nitrogens with one attached hydrogen (secondary N) is 2. The Morgan fingerprint density at radius 3 is 2.30 bits per heavy atom. The zero-order valence-electron chi connectivity index (χ0n) is 17.5. The van der Waals surface area contributed by atoms with Gasteiger partial charge in [0.15, 0.2) is 0 Å². The van der Waals surface area contributed by atoms with Gasteiger partial charge in [0.05, 0.1) is 21.5 Å². The van der Waals surface area contributed by atoms with Gasteiger partial charge in [-0.3, -0.25) is 29.8 Å². The molecule has 11 nitrogen and oxygen atoms in total. The molecule has 12 heteroatoms. The second-order valence-electron chi connectivity index (χ2n) is 6.56. The van der Waals surface area contributed by atoms with Gasteiger partial charge in [-0.2, -0.15) is 16.9 Å². The van der Waals surface area contributed by atoms with Crippen molar-refractivity contribution in [2.45, 2.75) is 18.7 Å². The van der Waals surface area contributed by atoms with E-state index in [0.717, 1.165) is 23.8 Å². The molecule has 0 saturated carbocycles. The number of nitrogens with zero attached hydrogens (tertiary/aromatic N) is 3. The highest BCUT2D eigenvalue weighted by Gasteiger charge is 2.25. The Balaban J connectivity index is 2.19. The van der Waals surface area contributed by atoms with Crippen LogP contribution in [0.4, 0.5) is 11.4 Å². The molecule has 0 aliphatic carbocycles. The number of hydrogen-bond acceptors (Lipinski definition) is 8. The average molecular weight is 471 g/mol. The number of carbonyl (C=O) groups is 2. The lowest BCUT2D eigenvalue weighted by molar-refractivity contribution is -0.394. The number of nitro groups is 2. The Bertz CT molecular complexity index is 1040. The number of non-ortho nitro benzene ring substituents is 2. The van der Waals surface area contributed by atoms with Crippen molar-refractivity contribution >= 4 is 41.2 Å². The number of amides is 2. The molecule has 33 heavy (non-hydrogen) atoms. The first kappa shape index (κ1) is 25.2. The summed E-state index contributed by atoms with van der Waals surface area (Å²) in [6.07, 6.45) is 4.66. The third kappa shape index (κ3) is 8.18. The molecule has 0 radical (unpaired) electrons. The topological polar surface area (TPSA) is 157 Å². The Kier molecular flexibility index (Phi) is 9.71. The van der Waals surface area contributed by atoms with Gasteiger partial charge in [-0.1, -0.05) is 36.4 Å². The van der Waals surface area contributed by atoms with Gasteiger partial charge in [-0.05, 0) is 18.6 Å². The van der Waals surface area contributed by atoms with Crippen molar-refractivity contribution in [3.05, 3.63) is 92.0 Å². The molecule has 2 amide bonds. The van der Waals surface area contributed by atoms with Crippen LogP contribution in [0.5, 0.6) is 0 Å². The third-order valence-corrected chi connectivity index (χ3v) is 5.24. The second-order valence-corrected chi connectivity index (χ2v) is 7.59. The van der Waals surface area contributed by atoms with Gasteiger partial charge in [0, 0.05) is 29.9 Å². The van der Waals surface area contributed by atoms with E-state index in [1.807, 2.05) is 30.3 Å². The number of hydrogen-bond donors (Lipinski definition) is 2. The second kappa shape index (κ2) is 12.7. The van der Waals surface area contributed by atoms with Crippen LogP contribution >= 0.6 is 11.8 Å². The molecular weight excluding hydrogens is 450 g/mol. The molecule has 0 aliphatic heterocycles. The third-order valence-electron chi connectivity index (χ3n) is 4.13. The minimum atomic E-state index is -1.05. The first-order valence-electron chi connectivity index (χ1n) is 9.62. The summed E-state index contributed by atoms with van der Waals surface area (Å²) >= 11 is 1.38. The molecule has 2 N–H and O–H groups in total. The smallest absolute Gasteiger partial charge is 0.277 e. The Morgan fingerprint density at radius 2 is 1.73 bits per heavy atom. The van der Waals surface area contributed by atoms with Crippen molar-refractivity contribution in [2.24, 2.45) is 5.10 Å². The number of rotatable bonds is 11. The molecular formula is C21H21N5O6S. The fourth-order valence-corrected chi connectivity index (χ4v) is 3.55. The zero-order chi connectivity index (χ0) is 24.2. The number of carbonyl (C=O) groups excluding carboxylic acids is 2. The lowest BCUT2D eigenvalue weighted by atomic mass is 10.1. The monoisotopic (exact) mass is 471 g/mol. The van der Waals surface area contributed by atoms with Gasteiger partial charge >= 0.3 is 0 Å². The summed E-state index contributed by atoms with van der Waals surface area (Å²) in [4.78, 5) is 45.8. The summed E-state index contributed by atoms with van der Waals surface area (Å²) in [7, 11) is 0. The van der Waals surface area contributed by atoms with E-state index < -0.39 is 39.1 Å². The van der Waals surface area contributed by atoms with Crippen LogP contribution in [0.2, 0.25) is 0 Å². The molecule has 0 aromatic heterocycles. The van der Waals surface area contributed by atoms with Gasteiger partial charge in [0.2, 0.25) is 0 Å². The molecule has 0 spiro atoms. The minimum Gasteiger partial charge on any atom is -0.339 e. The maximum atomic E-state index is 12.7. The number of nitro benzene ring substituents is 2. The van der Waals surface area contributed by atoms with Gasteiger partial charge in [-0.15, -0.1) is 0 Å². The lowest BCUT2D eigenvalue weighted by Crippen LogP contribution is -2.47. The van der Waals surface area contributed by atoms with Gasteiger partial charge in [0.1, 0.15) is 6.04 Å². The molecule has 0 fully saturated rings. The van der Waals surface area contributed by atoms with Crippen LogP contribution in [0, 0.1) is 20.2 Å². The Morgan fingerprint density at radius 1 is 1.09 bits per heavy atom. The van der Waals surface area contributed by atoms with E-state index in [0.29, 0.717) is 5.75 Å². The summed E-state index contributed by atoms with van der Waals surface area (Å²) in [5, 5.41) is 28.4. The molecule has 1 unspecified atom stereocenters. The van der Waals surface area contributed by atoms with Crippen LogP contribution < -0.4 is 10.7 Å². The molecule has 0 heterocycles. The predicted molar refractivity (Wildman–Crippen MR) is 125 cm³/mol. The van der Waals surface area contributed by atoms with E-state index in [-0.39, 0.29) is 11.3 Å². The normalized spacial score (nSPS) is 11.9. The van der Waals surface area contributed by atoms with Crippen LogP contribution in [0.25, 0.3) is 0 Å². The quantitative estimate of drug-likeness (QED) is 0.289. The van der Waals surface area contributed by atoms with Crippen molar-refractivity contribution in [3.63, 3.8) is 0 Å². The highest BCUT2D eigenvalue weighted by Crippen LogP contribution is 2.23. The van der Waals surface area contributed by atoms with Crippen LogP contribution in [0.3, 0.4) is 0 Å². The summed E-state index contributed by atoms with van der Waals surface area (Å²) in [5.74, 6) is -0.725. The van der Waals surface area contributed by atoms with Crippen molar-refractivity contribution in [2.75, 3.05) is 5.75 Å². The summed E-state index contributed by atoms with van der Waals surface area (Å²) in [6, 6.07) is 11.0. The highest BCUT2D eigenvalue weighted by atomic mass is 32.2. The molecule has 2 aromatic carbocycles. The minimum absolute atomic E-state index is 0.169. The summed E-state index contributed by atoms with van der Waals surface area (Å²) in [6.45, 7) is 1.77. The van der Waals surface area contributed by atoms with Crippen molar-refractivity contribution in [1.82, 2.24) is 10.7 Å². The predicted octanol–water partition coefficient (Wildman–Crippen LogP) is 3.21. The van der Waals surface area contributed by atoms with Crippen LogP contribution in [-0.2, 0) is 10.5 Å². The molecule has 0 aliphatic rings. The largest absolute Gasteiger partial charge is 0.339 e. The van der Waals surface area contributed by atoms with Gasteiger partial charge < -0.3 is 5.32 Å². The lowest BCUT2D eigenvalue weighted by Gasteiger charge is -2.17. The van der Waals surface area contributed by atoms with Crippen molar-refractivity contribution < 1.29 is 19.4 Å². The summed E-state index contributed by atoms with van der Waals surface area (Å²) in [5.41, 5.74) is 1.82. The number of hydrazone groups is 1. The van der Waals surface area contributed by atoms with E-state index in [1.54, 1.807) is 19.1 Å². The van der Waals surface area contributed by atoms with Crippen molar-refractivity contribution in [3.8, 4) is 0 Å². The maximum Gasteiger partial charge on any atom is 0.277 e. The van der Waals surface area contributed by atoms with Crippen LogP contribution in [0.1, 0.15) is 22.8 Å². The first-order valence-corrected chi connectivity index (χ1v) is 10.8. The molecule has 2 aromatic rings. The zero-order valence-corrected chi connectivity index (χ0v) is 18.4. The van der Waals surface area contributed by atoms with E-state index >= 15 is 0 Å². The highest BCUT2D eigenvalue weighted by molar-refractivity contribution is 7.98. The van der Waals surface area contributed by atoms with Gasteiger partial charge in [0.25, 0.3) is 23.2 Å². The Hall–Kier alpha value is -4.06. The molecule has 172 valence electrons. The standard InChI is InChI=1S/C21H21N5O6S/c1-2-3-9-22-24-21(28)19(14-33-13-15-7-5-4-6-8-15)23-20(27)16-10-17(25(29)30)12-18(11-16)26(31)32/h2-12,19H,13-14H2,1H3,(H,23,27)(H,24,28). The number of allylic oxidation sites excluding steroid dienone is 2. The van der Waals surface area contributed by atoms with E-state index in [4.69, 9.17) is 0 Å². The molecule has 1 atom stereocenters. The number of thioether (sulfide) groups is 1. The summed E-state index contributed by atoms with van der Waals surface area (Å²) < 4.78 is 0. The SMILES string of the molecule is CC=CC=NNC(=O)C(CSCc1ccccc1)NC(=O)c1cc([N+](=O)[O-])cc([N+](=O)[O-])c1. The van der Waals surface area contributed by atoms with Gasteiger partial charge in [-0.25, -0.2) is 5.43 Å². The average Bonchev–Trinajstić information content (AvgIpc) is 2.81. The van der Waals surface area contributed by atoms with E-state index in [9.17, 15) is 29.8 Å².